The van der Waals surface area contributed by atoms with Crippen LogP contribution in [0.3, 0.4) is 0 Å². The normalized spacial score (nSPS) is 17.4. The predicted molar refractivity (Wildman–Crippen MR) is 138 cm³/mol. The van der Waals surface area contributed by atoms with Crippen molar-refractivity contribution < 1.29 is 27.5 Å². The molecule has 12 heteroatoms. The van der Waals surface area contributed by atoms with Crippen LogP contribution in [0.2, 0.25) is 0 Å². The Bertz CT molecular complexity index is 1330. The molecule has 0 amide bonds. The maximum atomic E-state index is 13.6. The molecule has 1 atom stereocenters. The Morgan fingerprint density at radius 3 is 2.32 bits per heavy atom. The van der Waals surface area contributed by atoms with Gasteiger partial charge < -0.3 is 19.8 Å². The minimum Gasteiger partial charge on any atom is -0.481 e. The molecule has 7 nitrogen and oxygen atoms in total. The summed E-state index contributed by atoms with van der Waals surface area (Å²) in [5.41, 5.74) is 1.28. The first-order chi connectivity index (χ1) is 17.7. The number of pyridine rings is 1. The maximum absolute atomic E-state index is 13.6. The number of carboxylic acid groups (broad SMARTS) is 1. The molecule has 0 radical (unpaired) electrons. The van der Waals surface area contributed by atoms with E-state index >= 15 is 0 Å². The fourth-order valence-corrected chi connectivity index (χ4v) is 4.75. The minimum atomic E-state index is -4.56. The zero-order chi connectivity index (χ0) is 26.2. The molecule has 1 fully saturated rings. The van der Waals surface area contributed by atoms with Crippen LogP contribution in [0.5, 0.6) is 0 Å². The number of rotatable bonds is 4. The summed E-state index contributed by atoms with van der Waals surface area (Å²) in [6, 6.07) is 11.9. The van der Waals surface area contributed by atoms with Gasteiger partial charge in [-0.2, -0.15) is 13.2 Å². The first-order valence-electron chi connectivity index (χ1n) is 11.7. The lowest BCUT2D eigenvalue weighted by Gasteiger charge is -2.45. The molecule has 3 heterocycles. The number of nitrogens with zero attached hydrogens (tertiary/aromatic N) is 5. The van der Waals surface area contributed by atoms with Gasteiger partial charge in [0.1, 0.15) is 5.82 Å². The number of fused-ring (bicyclic) bond motifs is 1. The molecular formula is C26H24ClF4N5O2. The molecule has 2 aliphatic heterocycles. The van der Waals surface area contributed by atoms with Crippen molar-refractivity contribution in [3.63, 3.8) is 0 Å². The SMILES string of the molecule is Cl.O=C(O)CC1c2ccncc2N=C(N2CCN(c3ccc(F)cc3)CC2)N1c1cccc(C(F)(F)F)c1. The largest absolute Gasteiger partial charge is 0.481 e. The number of piperazine rings is 1. The minimum absolute atomic E-state index is 0. The van der Waals surface area contributed by atoms with Crippen LogP contribution in [-0.2, 0) is 11.0 Å². The number of alkyl halides is 3. The lowest BCUT2D eigenvalue weighted by Crippen LogP contribution is -2.55. The molecule has 1 N–H and O–H groups in total. The van der Waals surface area contributed by atoms with Crippen LogP contribution in [0, 0.1) is 5.82 Å². The molecule has 0 spiro atoms. The number of aliphatic carboxylic acids is 1. The van der Waals surface area contributed by atoms with Gasteiger partial charge in [-0.1, -0.05) is 6.07 Å². The second kappa shape index (κ2) is 10.9. The average molecular weight is 550 g/mol. The highest BCUT2D eigenvalue weighted by Gasteiger charge is 2.38. The predicted octanol–water partition coefficient (Wildman–Crippen LogP) is 5.51. The van der Waals surface area contributed by atoms with E-state index < -0.39 is 23.8 Å². The molecule has 1 aromatic heterocycles. The van der Waals surface area contributed by atoms with Crippen LogP contribution in [0.1, 0.15) is 23.6 Å². The van der Waals surface area contributed by atoms with Gasteiger partial charge in [0.2, 0.25) is 5.96 Å². The van der Waals surface area contributed by atoms with E-state index in [1.807, 2.05) is 4.90 Å². The van der Waals surface area contributed by atoms with E-state index in [2.05, 4.69) is 9.88 Å². The number of benzene rings is 2. The standard InChI is InChI=1S/C26H23F4N5O2.ClH/c27-18-4-6-19(7-5-18)33-10-12-34(13-11-33)25-32-22-16-31-9-8-21(22)23(15-24(36)37)35(25)20-3-1-2-17(14-20)26(28,29)30;/h1-9,14,16,23H,10-13,15H2,(H,36,37);1H. The Morgan fingerprint density at radius 2 is 1.66 bits per heavy atom. The van der Waals surface area contributed by atoms with Crippen molar-refractivity contribution in [2.24, 2.45) is 4.99 Å². The summed E-state index contributed by atoms with van der Waals surface area (Å²) < 4.78 is 54.1. The van der Waals surface area contributed by atoms with E-state index in [4.69, 9.17) is 4.99 Å². The lowest BCUT2D eigenvalue weighted by molar-refractivity contribution is -0.138. The smallest absolute Gasteiger partial charge is 0.416 e. The topological polar surface area (TPSA) is 72.3 Å². The lowest BCUT2D eigenvalue weighted by atomic mass is 9.98. The van der Waals surface area contributed by atoms with Crippen molar-refractivity contribution in [3.05, 3.63) is 83.9 Å². The Balaban J connectivity index is 0.00000336. The van der Waals surface area contributed by atoms with E-state index in [0.29, 0.717) is 43.4 Å². The Labute approximate surface area is 222 Å². The molecule has 0 aliphatic carbocycles. The van der Waals surface area contributed by atoms with Crippen molar-refractivity contribution in [2.45, 2.75) is 18.6 Å². The number of guanidine groups is 1. The summed E-state index contributed by atoms with van der Waals surface area (Å²) in [5, 5.41) is 9.71. The maximum Gasteiger partial charge on any atom is 0.416 e. The number of anilines is 2. The number of aliphatic imine (C=N–C) groups is 1. The highest BCUT2D eigenvalue weighted by molar-refractivity contribution is 6.01. The van der Waals surface area contributed by atoms with Crippen molar-refractivity contribution in [2.75, 3.05) is 36.0 Å². The molecule has 1 unspecified atom stereocenters. The van der Waals surface area contributed by atoms with Gasteiger partial charge in [-0.25, -0.2) is 9.38 Å². The van der Waals surface area contributed by atoms with Crippen LogP contribution in [-0.4, -0.2) is 53.1 Å². The average Bonchev–Trinajstić information content (AvgIpc) is 2.88. The molecule has 3 aromatic rings. The van der Waals surface area contributed by atoms with Crippen molar-refractivity contribution in [1.82, 2.24) is 9.88 Å². The van der Waals surface area contributed by atoms with Crippen LogP contribution >= 0.6 is 12.4 Å². The van der Waals surface area contributed by atoms with Gasteiger partial charge >= 0.3 is 12.1 Å². The Kier molecular flexibility index (Phi) is 7.77. The van der Waals surface area contributed by atoms with E-state index in [1.165, 1.54) is 36.7 Å². The molecule has 5 rings (SSSR count). The summed E-state index contributed by atoms with van der Waals surface area (Å²) in [5.74, 6) is -1.05. The number of hydrogen-bond donors (Lipinski definition) is 1. The van der Waals surface area contributed by atoms with Gasteiger partial charge in [0.25, 0.3) is 0 Å². The molecular weight excluding hydrogens is 526 g/mol. The molecule has 0 saturated carbocycles. The molecule has 2 aliphatic rings. The summed E-state index contributed by atoms with van der Waals surface area (Å²) in [6.45, 7) is 2.07. The first-order valence-corrected chi connectivity index (χ1v) is 11.7. The third-order valence-corrected chi connectivity index (χ3v) is 6.51. The zero-order valence-corrected chi connectivity index (χ0v) is 20.8. The second-order valence-corrected chi connectivity index (χ2v) is 8.83. The number of carbonyl (C=O) groups is 1. The van der Waals surface area contributed by atoms with Crippen molar-refractivity contribution >= 4 is 41.4 Å². The second-order valence-electron chi connectivity index (χ2n) is 8.83. The highest BCUT2D eigenvalue weighted by atomic mass is 35.5. The highest BCUT2D eigenvalue weighted by Crippen LogP contribution is 2.41. The van der Waals surface area contributed by atoms with Crippen LogP contribution in [0.25, 0.3) is 0 Å². The number of carboxylic acids is 1. The van der Waals surface area contributed by atoms with E-state index in [1.54, 1.807) is 23.1 Å². The number of halogens is 5. The monoisotopic (exact) mass is 549 g/mol. The van der Waals surface area contributed by atoms with Gasteiger partial charge in [-0.15, -0.1) is 12.4 Å². The molecule has 2 aromatic carbocycles. The van der Waals surface area contributed by atoms with Crippen LogP contribution < -0.4 is 9.80 Å². The number of aromatic nitrogens is 1. The summed E-state index contributed by atoms with van der Waals surface area (Å²) >= 11 is 0. The van der Waals surface area contributed by atoms with Gasteiger partial charge in [0.15, 0.2) is 0 Å². The Morgan fingerprint density at radius 1 is 0.974 bits per heavy atom. The zero-order valence-electron chi connectivity index (χ0n) is 20.0. The van der Waals surface area contributed by atoms with Crippen molar-refractivity contribution in [1.29, 1.82) is 0 Å². The van der Waals surface area contributed by atoms with E-state index in [-0.39, 0.29) is 30.3 Å². The van der Waals surface area contributed by atoms with Gasteiger partial charge in [0, 0.05) is 49.3 Å². The van der Waals surface area contributed by atoms with Crippen LogP contribution in [0.4, 0.5) is 34.6 Å². The quantitative estimate of drug-likeness (QED) is 0.433. The van der Waals surface area contributed by atoms with Gasteiger partial charge in [-0.3, -0.25) is 9.78 Å². The molecule has 200 valence electrons. The molecule has 38 heavy (non-hydrogen) atoms. The van der Waals surface area contributed by atoms with Crippen LogP contribution in [0.15, 0.2) is 72.0 Å². The molecule has 1 saturated heterocycles. The third kappa shape index (κ3) is 5.52. The first kappa shape index (κ1) is 27.2. The summed E-state index contributed by atoms with van der Waals surface area (Å²) in [7, 11) is 0. The van der Waals surface area contributed by atoms with E-state index in [0.717, 1.165) is 17.8 Å². The van der Waals surface area contributed by atoms with Gasteiger partial charge in [0.05, 0.1) is 29.9 Å². The Hall–Kier alpha value is -3.86. The summed E-state index contributed by atoms with van der Waals surface area (Å²) in [4.78, 5) is 26.3. The fourth-order valence-electron chi connectivity index (χ4n) is 4.75. The summed E-state index contributed by atoms with van der Waals surface area (Å²) in [6.07, 6.45) is -1.86. The van der Waals surface area contributed by atoms with Gasteiger partial charge in [-0.05, 0) is 48.5 Å². The number of hydrogen-bond acceptors (Lipinski definition) is 6. The van der Waals surface area contributed by atoms with E-state index in [9.17, 15) is 27.5 Å². The fraction of sp³-hybridized carbons (Fsp3) is 0.269. The van der Waals surface area contributed by atoms with Crippen molar-refractivity contribution in [3.8, 4) is 0 Å². The third-order valence-electron chi connectivity index (χ3n) is 6.51. The molecule has 0 bridgehead atoms.